The standard InChI is InChI=1S/C19H23N3O3S2/c1-13-11-15-7-5-6-8-17(15)22(13)19(23)14(2)26-18-10-9-16(12-20-18)27(24,25)21(3)4/h5-10,12-14H,11H2,1-4H3/t13-,14+/m0/s1. The number of pyridine rings is 1. The summed E-state index contributed by atoms with van der Waals surface area (Å²) in [5.41, 5.74) is 2.16. The molecule has 0 N–H and O–H groups in total. The van der Waals surface area contributed by atoms with Crippen LogP contribution in [0.4, 0.5) is 5.69 Å². The van der Waals surface area contributed by atoms with E-state index in [-0.39, 0.29) is 22.1 Å². The van der Waals surface area contributed by atoms with Gasteiger partial charge in [0, 0.05) is 32.0 Å². The van der Waals surface area contributed by atoms with E-state index in [0.29, 0.717) is 5.03 Å². The molecule has 2 aromatic rings. The number of fused-ring (bicyclic) bond motifs is 1. The largest absolute Gasteiger partial charge is 0.308 e. The van der Waals surface area contributed by atoms with Crippen LogP contribution in [0.1, 0.15) is 19.4 Å². The molecule has 0 spiro atoms. The molecule has 1 aromatic carbocycles. The van der Waals surface area contributed by atoms with Gasteiger partial charge in [0.1, 0.15) is 4.90 Å². The molecule has 144 valence electrons. The van der Waals surface area contributed by atoms with Gasteiger partial charge in [0.05, 0.1) is 10.3 Å². The molecule has 6 nitrogen and oxygen atoms in total. The van der Waals surface area contributed by atoms with Crippen LogP contribution in [0.15, 0.2) is 52.5 Å². The fourth-order valence-corrected chi connectivity index (χ4v) is 4.81. The molecule has 1 aromatic heterocycles. The van der Waals surface area contributed by atoms with Crippen LogP contribution in [0, 0.1) is 0 Å². The van der Waals surface area contributed by atoms with E-state index in [1.807, 2.05) is 30.0 Å². The van der Waals surface area contributed by atoms with Crippen LogP contribution in [0.25, 0.3) is 0 Å². The van der Waals surface area contributed by atoms with Crippen LogP contribution >= 0.6 is 11.8 Å². The monoisotopic (exact) mass is 405 g/mol. The molecule has 3 rings (SSSR count). The predicted octanol–water partition coefficient (Wildman–Crippen LogP) is 2.79. The third kappa shape index (κ3) is 3.88. The topological polar surface area (TPSA) is 70.6 Å². The molecule has 1 aliphatic rings. The van der Waals surface area contributed by atoms with Crippen molar-refractivity contribution in [2.75, 3.05) is 19.0 Å². The first-order valence-electron chi connectivity index (χ1n) is 8.68. The van der Waals surface area contributed by atoms with E-state index < -0.39 is 10.0 Å². The quantitative estimate of drug-likeness (QED) is 0.716. The number of carbonyl (C=O) groups is 1. The molecule has 2 heterocycles. The summed E-state index contributed by atoms with van der Waals surface area (Å²) in [5.74, 6) is 0.0317. The normalized spacial score (nSPS) is 17.8. The summed E-state index contributed by atoms with van der Waals surface area (Å²) in [7, 11) is -0.546. The zero-order valence-corrected chi connectivity index (χ0v) is 17.4. The number of hydrogen-bond donors (Lipinski definition) is 0. The minimum Gasteiger partial charge on any atom is -0.308 e. The Morgan fingerprint density at radius 2 is 1.96 bits per heavy atom. The lowest BCUT2D eigenvalue weighted by Crippen LogP contribution is -2.40. The third-order valence-corrected chi connectivity index (χ3v) is 7.41. The second-order valence-electron chi connectivity index (χ2n) is 6.77. The Bertz CT molecular complexity index is 943. The summed E-state index contributed by atoms with van der Waals surface area (Å²) in [6.45, 7) is 3.90. The van der Waals surface area contributed by atoms with Crippen LogP contribution in [0.5, 0.6) is 0 Å². The molecular formula is C19H23N3O3S2. The Kier molecular flexibility index (Phi) is 5.60. The van der Waals surface area contributed by atoms with E-state index in [9.17, 15) is 13.2 Å². The summed E-state index contributed by atoms with van der Waals surface area (Å²) in [5, 5.41) is 0.288. The van der Waals surface area contributed by atoms with Crippen LogP contribution in [0.2, 0.25) is 0 Å². The van der Waals surface area contributed by atoms with Crippen molar-refractivity contribution in [1.29, 1.82) is 0 Å². The first kappa shape index (κ1) is 19.9. The highest BCUT2D eigenvalue weighted by molar-refractivity contribution is 8.00. The van der Waals surface area contributed by atoms with Gasteiger partial charge in [0.15, 0.2) is 0 Å². The summed E-state index contributed by atoms with van der Waals surface area (Å²) in [6.07, 6.45) is 2.19. The number of benzene rings is 1. The molecule has 0 saturated heterocycles. The van der Waals surface area contributed by atoms with E-state index in [0.717, 1.165) is 16.4 Å². The van der Waals surface area contributed by atoms with Gasteiger partial charge in [-0.1, -0.05) is 30.0 Å². The molecule has 27 heavy (non-hydrogen) atoms. The molecule has 1 aliphatic heterocycles. The van der Waals surface area contributed by atoms with Crippen molar-refractivity contribution in [3.63, 3.8) is 0 Å². The summed E-state index contributed by atoms with van der Waals surface area (Å²) in [6, 6.07) is 11.3. The molecule has 1 amide bonds. The molecule has 8 heteroatoms. The molecule has 0 unspecified atom stereocenters. The van der Waals surface area contributed by atoms with Crippen LogP contribution in [-0.4, -0.2) is 49.0 Å². The Balaban J connectivity index is 1.74. The third-order valence-electron chi connectivity index (χ3n) is 4.58. The molecule has 0 fully saturated rings. The number of carbonyl (C=O) groups excluding carboxylic acids is 1. The molecule has 0 saturated carbocycles. The number of anilines is 1. The number of amides is 1. The van der Waals surface area contributed by atoms with Crippen molar-refractivity contribution < 1.29 is 13.2 Å². The minimum atomic E-state index is -3.51. The highest BCUT2D eigenvalue weighted by Crippen LogP contribution is 2.34. The van der Waals surface area contributed by atoms with Crippen molar-refractivity contribution >= 4 is 33.4 Å². The number of hydrogen-bond acceptors (Lipinski definition) is 5. The van der Waals surface area contributed by atoms with E-state index >= 15 is 0 Å². The minimum absolute atomic E-state index is 0.0317. The Morgan fingerprint density at radius 3 is 2.59 bits per heavy atom. The maximum atomic E-state index is 13.0. The maximum Gasteiger partial charge on any atom is 0.244 e. The van der Waals surface area contributed by atoms with E-state index in [2.05, 4.69) is 18.0 Å². The molecular weight excluding hydrogens is 382 g/mol. The van der Waals surface area contributed by atoms with E-state index in [1.165, 1.54) is 43.7 Å². The van der Waals surface area contributed by atoms with Crippen molar-refractivity contribution in [3.8, 4) is 0 Å². The van der Waals surface area contributed by atoms with Crippen LogP contribution in [-0.2, 0) is 21.2 Å². The van der Waals surface area contributed by atoms with Gasteiger partial charge < -0.3 is 4.90 Å². The van der Waals surface area contributed by atoms with Crippen molar-refractivity contribution in [2.24, 2.45) is 0 Å². The highest BCUT2D eigenvalue weighted by Gasteiger charge is 2.33. The lowest BCUT2D eigenvalue weighted by molar-refractivity contribution is -0.118. The summed E-state index contributed by atoms with van der Waals surface area (Å²) < 4.78 is 25.4. The van der Waals surface area contributed by atoms with Gasteiger partial charge in [-0.05, 0) is 44.0 Å². The first-order chi connectivity index (χ1) is 12.7. The summed E-state index contributed by atoms with van der Waals surface area (Å²) in [4.78, 5) is 19.2. The van der Waals surface area contributed by atoms with Gasteiger partial charge in [-0.3, -0.25) is 4.79 Å². The zero-order chi connectivity index (χ0) is 19.8. The molecule has 2 atom stereocenters. The smallest absolute Gasteiger partial charge is 0.244 e. The average Bonchev–Trinajstić information content (AvgIpc) is 2.97. The summed E-state index contributed by atoms with van der Waals surface area (Å²) >= 11 is 1.33. The second-order valence-corrected chi connectivity index (χ2v) is 10.3. The Morgan fingerprint density at radius 1 is 1.26 bits per heavy atom. The molecule has 0 bridgehead atoms. The Hall–Kier alpha value is -1.90. The fraction of sp³-hybridized carbons (Fsp3) is 0.368. The van der Waals surface area contributed by atoms with Crippen LogP contribution in [0.3, 0.4) is 0 Å². The van der Waals surface area contributed by atoms with Gasteiger partial charge >= 0.3 is 0 Å². The lowest BCUT2D eigenvalue weighted by Gasteiger charge is -2.25. The van der Waals surface area contributed by atoms with Gasteiger partial charge in [0.25, 0.3) is 0 Å². The van der Waals surface area contributed by atoms with Crippen molar-refractivity contribution in [1.82, 2.24) is 9.29 Å². The number of rotatable bonds is 5. The Labute approximate surface area is 164 Å². The number of nitrogens with zero attached hydrogens (tertiary/aromatic N) is 3. The average molecular weight is 406 g/mol. The maximum absolute atomic E-state index is 13.0. The van der Waals surface area contributed by atoms with Gasteiger partial charge in [-0.2, -0.15) is 0 Å². The number of thioether (sulfide) groups is 1. The second kappa shape index (κ2) is 7.61. The molecule has 0 aliphatic carbocycles. The van der Waals surface area contributed by atoms with Gasteiger partial charge in [-0.25, -0.2) is 17.7 Å². The SMILES string of the molecule is C[C@@H](Sc1ccc(S(=O)(=O)N(C)C)cn1)C(=O)N1c2ccccc2C[C@@H]1C. The predicted molar refractivity (Wildman–Crippen MR) is 108 cm³/mol. The van der Waals surface area contributed by atoms with Crippen molar-refractivity contribution in [2.45, 2.75) is 41.5 Å². The van der Waals surface area contributed by atoms with E-state index in [4.69, 9.17) is 0 Å². The van der Waals surface area contributed by atoms with Gasteiger partial charge in [0.2, 0.25) is 15.9 Å². The number of para-hydroxylation sites is 1. The van der Waals surface area contributed by atoms with Gasteiger partial charge in [-0.15, -0.1) is 0 Å². The fourth-order valence-electron chi connectivity index (χ4n) is 3.13. The van der Waals surface area contributed by atoms with Crippen molar-refractivity contribution in [3.05, 3.63) is 48.2 Å². The van der Waals surface area contributed by atoms with E-state index in [1.54, 1.807) is 6.07 Å². The number of aromatic nitrogens is 1. The zero-order valence-electron chi connectivity index (χ0n) is 15.8. The molecule has 0 radical (unpaired) electrons. The van der Waals surface area contributed by atoms with Crippen LogP contribution < -0.4 is 4.90 Å². The highest BCUT2D eigenvalue weighted by atomic mass is 32.2. The lowest BCUT2D eigenvalue weighted by atomic mass is 10.1. The first-order valence-corrected chi connectivity index (χ1v) is 11.0. The number of sulfonamides is 1.